The fraction of sp³-hybridized carbons (Fsp3) is 0.294. The van der Waals surface area contributed by atoms with Gasteiger partial charge in [-0.15, -0.1) is 0 Å². The lowest BCUT2D eigenvalue weighted by Gasteiger charge is -2.33. The molecule has 0 aliphatic carbocycles. The Hall–Kier alpha value is -2.47. The number of fused-ring (bicyclic) bond motifs is 1. The number of halogens is 1. The van der Waals surface area contributed by atoms with E-state index in [1.54, 1.807) is 48.3 Å². The third kappa shape index (κ3) is 2.85. The lowest BCUT2D eigenvalue weighted by Crippen LogP contribution is -2.49. The van der Waals surface area contributed by atoms with Crippen LogP contribution in [0.3, 0.4) is 0 Å². The first-order valence-electron chi connectivity index (χ1n) is 7.52. The van der Waals surface area contributed by atoms with E-state index in [-0.39, 0.29) is 18.2 Å². The maximum Gasteiger partial charge on any atom is 0.274 e. The number of pyridine rings is 1. The van der Waals surface area contributed by atoms with E-state index in [9.17, 15) is 9.59 Å². The summed E-state index contributed by atoms with van der Waals surface area (Å²) in [4.78, 5) is 36.3. The van der Waals surface area contributed by atoms with E-state index in [1.165, 1.54) is 0 Å². The molecular weight excluding hydrogens is 328 g/mol. The van der Waals surface area contributed by atoms with Crippen molar-refractivity contribution in [3.8, 4) is 0 Å². The van der Waals surface area contributed by atoms with E-state index in [0.717, 1.165) is 5.56 Å². The van der Waals surface area contributed by atoms with Gasteiger partial charge in [-0.05, 0) is 25.1 Å². The third-order valence-electron chi connectivity index (χ3n) is 4.21. The monoisotopic (exact) mass is 344 g/mol. The minimum absolute atomic E-state index is 0.0331. The zero-order valence-corrected chi connectivity index (χ0v) is 14.2. The van der Waals surface area contributed by atoms with Crippen LogP contribution in [-0.4, -0.2) is 45.0 Å². The Morgan fingerprint density at radius 3 is 2.96 bits per heavy atom. The molecule has 0 saturated heterocycles. The lowest BCUT2D eigenvalue weighted by molar-refractivity contribution is -0.136. The summed E-state index contributed by atoms with van der Waals surface area (Å²) in [6.45, 7) is 2.07. The van der Waals surface area contributed by atoms with E-state index in [2.05, 4.69) is 9.98 Å². The molecule has 2 aliphatic rings. The molecule has 0 radical (unpaired) electrons. The summed E-state index contributed by atoms with van der Waals surface area (Å²) >= 11 is 6.04. The molecule has 0 saturated carbocycles. The maximum atomic E-state index is 12.6. The SMILES string of the molecule is CN(Cc1cccnc1Cl)C(=O)C[C@@]1(C)C(=O)N=C2C=CC=CN21. The molecule has 1 aromatic heterocycles. The highest BCUT2D eigenvalue weighted by molar-refractivity contribution is 6.30. The molecule has 2 aliphatic heterocycles. The van der Waals surface area contributed by atoms with Crippen molar-refractivity contribution in [1.82, 2.24) is 14.8 Å². The second kappa shape index (κ2) is 6.20. The van der Waals surface area contributed by atoms with Crippen molar-refractivity contribution < 1.29 is 9.59 Å². The second-order valence-electron chi connectivity index (χ2n) is 6.00. The van der Waals surface area contributed by atoms with Crippen molar-refractivity contribution in [2.75, 3.05) is 7.05 Å². The Bertz CT molecular complexity index is 787. The molecule has 0 bridgehead atoms. The van der Waals surface area contributed by atoms with Gasteiger partial charge in [0.05, 0.1) is 6.42 Å². The van der Waals surface area contributed by atoms with Gasteiger partial charge in [-0.2, -0.15) is 4.99 Å². The number of amidine groups is 1. The number of rotatable bonds is 4. The molecule has 0 N–H and O–H groups in total. The molecule has 24 heavy (non-hydrogen) atoms. The van der Waals surface area contributed by atoms with Gasteiger partial charge in [-0.25, -0.2) is 4.98 Å². The lowest BCUT2D eigenvalue weighted by atomic mass is 9.94. The maximum absolute atomic E-state index is 12.6. The van der Waals surface area contributed by atoms with Crippen molar-refractivity contribution in [1.29, 1.82) is 0 Å². The largest absolute Gasteiger partial charge is 0.341 e. The van der Waals surface area contributed by atoms with Gasteiger partial charge in [0.15, 0.2) is 0 Å². The number of amides is 2. The average Bonchev–Trinajstić information content (AvgIpc) is 2.81. The summed E-state index contributed by atoms with van der Waals surface area (Å²) < 4.78 is 0. The summed E-state index contributed by atoms with van der Waals surface area (Å²) in [6.07, 6.45) is 8.79. The van der Waals surface area contributed by atoms with Gasteiger partial charge in [-0.3, -0.25) is 9.59 Å². The Morgan fingerprint density at radius 1 is 1.42 bits per heavy atom. The van der Waals surface area contributed by atoms with E-state index >= 15 is 0 Å². The molecule has 7 heteroatoms. The van der Waals surface area contributed by atoms with Crippen LogP contribution in [-0.2, 0) is 16.1 Å². The first-order chi connectivity index (χ1) is 11.4. The van der Waals surface area contributed by atoms with Crippen LogP contribution in [0.1, 0.15) is 18.9 Å². The van der Waals surface area contributed by atoms with Crippen molar-refractivity contribution >= 4 is 29.3 Å². The van der Waals surface area contributed by atoms with Gasteiger partial charge in [0, 0.05) is 31.6 Å². The number of aromatic nitrogens is 1. The highest BCUT2D eigenvalue weighted by Gasteiger charge is 2.47. The summed E-state index contributed by atoms with van der Waals surface area (Å²) in [7, 11) is 1.68. The molecule has 2 amide bonds. The van der Waals surface area contributed by atoms with Crippen LogP contribution in [0, 0.1) is 0 Å². The van der Waals surface area contributed by atoms with E-state index < -0.39 is 5.54 Å². The standard InChI is InChI=1S/C17H17ClN4O2/c1-17(16(24)20-13-7-3-4-9-22(13)17)10-14(23)21(2)11-12-6-5-8-19-15(12)18/h3-9H,10-11H2,1-2H3/t17-/m0/s1. The molecule has 0 spiro atoms. The Morgan fingerprint density at radius 2 is 2.21 bits per heavy atom. The molecule has 3 rings (SSSR count). The number of allylic oxidation sites excluding steroid dienone is 2. The van der Waals surface area contributed by atoms with Gasteiger partial charge >= 0.3 is 0 Å². The number of hydrogen-bond acceptors (Lipinski definition) is 4. The van der Waals surface area contributed by atoms with Crippen LogP contribution < -0.4 is 0 Å². The molecular formula is C17H17ClN4O2. The molecule has 0 fully saturated rings. The first-order valence-corrected chi connectivity index (χ1v) is 7.90. The summed E-state index contributed by atoms with van der Waals surface area (Å²) in [5.74, 6) is 0.0933. The van der Waals surface area contributed by atoms with Crippen LogP contribution in [0.2, 0.25) is 5.15 Å². The van der Waals surface area contributed by atoms with Crippen molar-refractivity contribution in [2.24, 2.45) is 4.99 Å². The number of hydrogen-bond donors (Lipinski definition) is 0. The predicted molar refractivity (Wildman–Crippen MR) is 91.3 cm³/mol. The molecule has 0 aromatic carbocycles. The number of carbonyl (C=O) groups is 2. The zero-order valence-electron chi connectivity index (χ0n) is 13.4. The number of aliphatic imine (C=N–C) groups is 1. The van der Waals surface area contributed by atoms with E-state index in [0.29, 0.717) is 17.5 Å². The smallest absolute Gasteiger partial charge is 0.274 e. The summed E-state index contributed by atoms with van der Waals surface area (Å²) in [5.41, 5.74) is -0.239. The first kappa shape index (κ1) is 16.4. The quantitative estimate of drug-likeness (QED) is 0.785. The third-order valence-corrected chi connectivity index (χ3v) is 4.55. The van der Waals surface area contributed by atoms with Crippen LogP contribution in [0.25, 0.3) is 0 Å². The fourth-order valence-corrected chi connectivity index (χ4v) is 2.92. The Kier molecular flexibility index (Phi) is 4.24. The number of carbonyl (C=O) groups excluding carboxylic acids is 2. The van der Waals surface area contributed by atoms with Crippen LogP contribution in [0.15, 0.2) is 47.7 Å². The summed E-state index contributed by atoms with van der Waals surface area (Å²) in [6, 6.07) is 3.59. The van der Waals surface area contributed by atoms with Gasteiger partial charge in [0.2, 0.25) is 5.91 Å². The molecule has 1 atom stereocenters. The molecule has 1 aromatic rings. The highest BCUT2D eigenvalue weighted by atomic mass is 35.5. The van der Waals surface area contributed by atoms with Crippen molar-refractivity contribution in [2.45, 2.75) is 25.4 Å². The number of nitrogens with zero attached hydrogens (tertiary/aromatic N) is 4. The van der Waals surface area contributed by atoms with E-state index in [1.807, 2.05) is 18.2 Å². The highest BCUT2D eigenvalue weighted by Crippen LogP contribution is 2.31. The minimum atomic E-state index is -0.999. The van der Waals surface area contributed by atoms with Crippen LogP contribution in [0.5, 0.6) is 0 Å². The van der Waals surface area contributed by atoms with Gasteiger partial charge < -0.3 is 9.80 Å². The predicted octanol–water partition coefficient (Wildman–Crippen LogP) is 2.17. The van der Waals surface area contributed by atoms with Crippen LogP contribution in [0.4, 0.5) is 0 Å². The van der Waals surface area contributed by atoms with Crippen molar-refractivity contribution in [3.05, 3.63) is 53.5 Å². The van der Waals surface area contributed by atoms with Gasteiger partial charge in [0.1, 0.15) is 16.5 Å². The minimum Gasteiger partial charge on any atom is -0.341 e. The zero-order chi connectivity index (χ0) is 17.3. The normalized spacial score (nSPS) is 21.7. The fourth-order valence-electron chi connectivity index (χ4n) is 2.74. The Balaban J connectivity index is 1.72. The van der Waals surface area contributed by atoms with Crippen molar-refractivity contribution in [3.63, 3.8) is 0 Å². The van der Waals surface area contributed by atoms with Crippen LogP contribution >= 0.6 is 11.6 Å². The topological polar surface area (TPSA) is 65.9 Å². The van der Waals surface area contributed by atoms with Gasteiger partial charge in [0.25, 0.3) is 5.91 Å². The van der Waals surface area contributed by atoms with E-state index in [4.69, 9.17) is 11.6 Å². The molecule has 6 nitrogen and oxygen atoms in total. The summed E-state index contributed by atoms with van der Waals surface area (Å²) in [5, 5.41) is 0.370. The average molecular weight is 345 g/mol. The molecule has 124 valence electrons. The Labute approximate surface area is 145 Å². The molecule has 0 unspecified atom stereocenters. The molecule has 3 heterocycles. The van der Waals surface area contributed by atoms with Gasteiger partial charge in [-0.1, -0.05) is 23.7 Å². The second-order valence-corrected chi connectivity index (χ2v) is 6.36.